The van der Waals surface area contributed by atoms with Crippen molar-refractivity contribution in [3.63, 3.8) is 0 Å². The first-order valence-electron chi connectivity index (χ1n) is 9.05. The Labute approximate surface area is 166 Å². The van der Waals surface area contributed by atoms with Crippen LogP contribution in [0.25, 0.3) is 0 Å². The molecule has 0 radical (unpaired) electrons. The fraction of sp³-hybridized carbons (Fsp3) is 0.227. The molecule has 6 heteroatoms. The Morgan fingerprint density at radius 1 is 1.11 bits per heavy atom. The van der Waals surface area contributed by atoms with Gasteiger partial charge in [-0.15, -0.1) is 0 Å². The Morgan fingerprint density at radius 3 is 2.57 bits per heavy atom. The van der Waals surface area contributed by atoms with Crippen LogP contribution in [-0.4, -0.2) is 29.3 Å². The van der Waals surface area contributed by atoms with Gasteiger partial charge in [-0.25, -0.2) is 4.90 Å². The summed E-state index contributed by atoms with van der Waals surface area (Å²) in [5.74, 6) is -2.10. The van der Waals surface area contributed by atoms with Gasteiger partial charge in [0.05, 0.1) is 29.2 Å². The molecule has 2 aromatic carbocycles. The number of imide groups is 1. The minimum Gasteiger partial charge on any atom is -0.362 e. The second-order valence-electron chi connectivity index (χ2n) is 7.50. The zero-order valence-corrected chi connectivity index (χ0v) is 15.7. The van der Waals surface area contributed by atoms with Gasteiger partial charge in [0, 0.05) is 16.1 Å². The smallest absolute Gasteiger partial charge is 0.241 e. The molecule has 0 unspecified atom stereocenters. The highest BCUT2D eigenvalue weighted by Crippen LogP contribution is 2.52. The Bertz CT molecular complexity index is 1060. The van der Waals surface area contributed by atoms with E-state index in [1.165, 1.54) is 6.07 Å². The molecule has 2 saturated heterocycles. The first kappa shape index (κ1) is 17.3. The molecule has 3 aliphatic rings. The number of anilines is 1. The van der Waals surface area contributed by atoms with Gasteiger partial charge in [0.25, 0.3) is 0 Å². The number of ether oxygens (including phenoxy) is 1. The Balaban J connectivity index is 1.61. The van der Waals surface area contributed by atoms with Gasteiger partial charge >= 0.3 is 0 Å². The highest BCUT2D eigenvalue weighted by molar-refractivity contribution is 6.32. The SMILES string of the molecule is C[C@@]12C=C[C@H](O1)[C@H]1C(=O)N(c3ccc(Cl)cc3C(=O)c3ccccc3)C(=O)[C@@H]12. The number of benzene rings is 2. The predicted molar refractivity (Wildman–Crippen MR) is 103 cm³/mol. The minimum atomic E-state index is -0.785. The quantitative estimate of drug-likeness (QED) is 0.455. The van der Waals surface area contributed by atoms with Crippen molar-refractivity contribution < 1.29 is 19.1 Å². The van der Waals surface area contributed by atoms with Crippen LogP contribution in [0.5, 0.6) is 0 Å². The van der Waals surface area contributed by atoms with Crippen LogP contribution < -0.4 is 4.90 Å². The molecule has 0 spiro atoms. The standard InChI is InChI=1S/C22H16ClNO4/c1-22-10-9-16(28-22)17-18(22)21(27)24(20(17)26)15-8-7-13(23)11-14(15)19(25)12-5-3-2-4-6-12/h2-11,16-18H,1H3/t16-,17+,18+,22-/m0/s1. The summed E-state index contributed by atoms with van der Waals surface area (Å²) in [6.07, 6.45) is 3.29. The third kappa shape index (κ3) is 2.26. The van der Waals surface area contributed by atoms with Gasteiger partial charge in [0.1, 0.15) is 0 Å². The first-order valence-corrected chi connectivity index (χ1v) is 9.43. The van der Waals surface area contributed by atoms with E-state index in [1.807, 2.05) is 25.1 Å². The molecule has 140 valence electrons. The number of hydrogen-bond acceptors (Lipinski definition) is 4. The molecule has 0 aromatic heterocycles. The third-order valence-electron chi connectivity index (χ3n) is 5.81. The van der Waals surface area contributed by atoms with Gasteiger partial charge in [-0.1, -0.05) is 54.1 Å². The molecule has 5 rings (SSSR count). The van der Waals surface area contributed by atoms with E-state index in [0.717, 1.165) is 4.90 Å². The molecule has 0 aliphatic carbocycles. The summed E-state index contributed by atoms with van der Waals surface area (Å²) >= 11 is 6.13. The predicted octanol–water partition coefficient (Wildman–Crippen LogP) is 3.40. The van der Waals surface area contributed by atoms with E-state index in [9.17, 15) is 14.4 Å². The van der Waals surface area contributed by atoms with Crippen molar-refractivity contribution in [2.75, 3.05) is 4.90 Å². The number of carbonyl (C=O) groups excluding carboxylic acids is 3. The number of ketones is 1. The maximum Gasteiger partial charge on any atom is 0.241 e. The molecule has 4 atom stereocenters. The second-order valence-corrected chi connectivity index (χ2v) is 7.93. The molecule has 3 heterocycles. The zero-order chi connectivity index (χ0) is 19.6. The van der Waals surface area contributed by atoms with Crippen molar-refractivity contribution in [3.05, 3.63) is 76.8 Å². The molecule has 2 bridgehead atoms. The van der Waals surface area contributed by atoms with Crippen LogP contribution in [0.1, 0.15) is 22.8 Å². The van der Waals surface area contributed by atoms with E-state index in [0.29, 0.717) is 10.6 Å². The highest BCUT2D eigenvalue weighted by Gasteiger charge is 2.66. The van der Waals surface area contributed by atoms with Gasteiger partial charge in [-0.05, 0) is 25.1 Å². The zero-order valence-electron chi connectivity index (χ0n) is 15.0. The lowest BCUT2D eigenvalue weighted by atomic mass is 9.78. The summed E-state index contributed by atoms with van der Waals surface area (Å²) in [5, 5.41) is 0.361. The van der Waals surface area contributed by atoms with Crippen LogP contribution in [-0.2, 0) is 14.3 Å². The van der Waals surface area contributed by atoms with Gasteiger partial charge in [-0.3, -0.25) is 14.4 Å². The number of fused-ring (bicyclic) bond motifs is 5. The lowest BCUT2D eigenvalue weighted by Crippen LogP contribution is -2.39. The summed E-state index contributed by atoms with van der Waals surface area (Å²) < 4.78 is 5.85. The number of nitrogens with zero attached hydrogens (tertiary/aromatic N) is 1. The molecule has 28 heavy (non-hydrogen) atoms. The van der Waals surface area contributed by atoms with E-state index in [1.54, 1.807) is 36.4 Å². The topological polar surface area (TPSA) is 63.7 Å². The van der Waals surface area contributed by atoms with Crippen molar-refractivity contribution in [1.29, 1.82) is 0 Å². The van der Waals surface area contributed by atoms with E-state index < -0.39 is 23.5 Å². The monoisotopic (exact) mass is 393 g/mol. The third-order valence-corrected chi connectivity index (χ3v) is 6.04. The fourth-order valence-corrected chi connectivity index (χ4v) is 4.69. The minimum absolute atomic E-state index is 0.228. The van der Waals surface area contributed by atoms with Crippen LogP contribution >= 0.6 is 11.6 Å². The number of amides is 2. The largest absolute Gasteiger partial charge is 0.362 e. The number of halogens is 1. The van der Waals surface area contributed by atoms with E-state index >= 15 is 0 Å². The van der Waals surface area contributed by atoms with E-state index in [4.69, 9.17) is 16.3 Å². The summed E-state index contributed by atoms with van der Waals surface area (Å²) in [4.78, 5) is 40.6. The Hall–Kier alpha value is -2.76. The van der Waals surface area contributed by atoms with E-state index in [2.05, 4.69) is 0 Å². The summed E-state index contributed by atoms with van der Waals surface area (Å²) in [5.41, 5.74) is 0.173. The molecule has 0 saturated carbocycles. The van der Waals surface area contributed by atoms with Crippen molar-refractivity contribution in [2.45, 2.75) is 18.6 Å². The molecule has 5 nitrogen and oxygen atoms in total. The fourth-order valence-electron chi connectivity index (χ4n) is 4.52. The van der Waals surface area contributed by atoms with Crippen LogP contribution in [0, 0.1) is 11.8 Å². The van der Waals surface area contributed by atoms with Gasteiger partial charge in [0.2, 0.25) is 11.8 Å². The average molecular weight is 394 g/mol. The highest BCUT2D eigenvalue weighted by atomic mass is 35.5. The Morgan fingerprint density at radius 2 is 1.86 bits per heavy atom. The molecule has 3 aliphatic heterocycles. The van der Waals surface area contributed by atoms with E-state index in [-0.39, 0.29) is 28.8 Å². The maximum atomic E-state index is 13.2. The van der Waals surface area contributed by atoms with Gasteiger partial charge in [-0.2, -0.15) is 0 Å². The van der Waals surface area contributed by atoms with Gasteiger partial charge in [0.15, 0.2) is 5.78 Å². The first-order chi connectivity index (χ1) is 13.4. The molecular formula is C22H16ClNO4. The lowest BCUT2D eigenvalue weighted by molar-refractivity contribution is -0.126. The average Bonchev–Trinajstić information content (AvgIpc) is 3.31. The van der Waals surface area contributed by atoms with Crippen molar-refractivity contribution >= 4 is 34.9 Å². The van der Waals surface area contributed by atoms with Crippen molar-refractivity contribution in [2.24, 2.45) is 11.8 Å². The van der Waals surface area contributed by atoms with Crippen LogP contribution in [0.15, 0.2) is 60.7 Å². The normalized spacial score (nSPS) is 30.2. The van der Waals surface area contributed by atoms with Crippen LogP contribution in [0.2, 0.25) is 5.02 Å². The second kappa shape index (κ2) is 5.87. The van der Waals surface area contributed by atoms with Crippen LogP contribution in [0.4, 0.5) is 5.69 Å². The number of rotatable bonds is 3. The maximum absolute atomic E-state index is 13.2. The van der Waals surface area contributed by atoms with Crippen molar-refractivity contribution in [3.8, 4) is 0 Å². The molecule has 0 N–H and O–H groups in total. The summed E-state index contributed by atoms with van der Waals surface area (Å²) in [7, 11) is 0. The molecule has 2 aromatic rings. The Kier molecular flexibility index (Phi) is 3.63. The van der Waals surface area contributed by atoms with Crippen molar-refractivity contribution in [1.82, 2.24) is 0 Å². The van der Waals surface area contributed by atoms with Gasteiger partial charge < -0.3 is 4.74 Å². The molecular weight excluding hydrogens is 378 g/mol. The van der Waals surface area contributed by atoms with Crippen LogP contribution in [0.3, 0.4) is 0 Å². The molecule has 2 fully saturated rings. The summed E-state index contributed by atoms with van der Waals surface area (Å²) in [6.45, 7) is 1.82. The lowest BCUT2D eigenvalue weighted by Gasteiger charge is -2.25. The summed E-state index contributed by atoms with van der Waals surface area (Å²) in [6, 6.07) is 13.4. The molecule has 2 amide bonds. The number of carbonyl (C=O) groups is 3. The number of hydrogen-bond donors (Lipinski definition) is 0.